The van der Waals surface area contributed by atoms with Crippen molar-refractivity contribution >= 4 is 17.5 Å². The summed E-state index contributed by atoms with van der Waals surface area (Å²) in [5.74, 6) is -1.20. The van der Waals surface area contributed by atoms with Gasteiger partial charge in [0.1, 0.15) is 5.82 Å². The minimum absolute atomic E-state index is 0.0404. The van der Waals surface area contributed by atoms with Gasteiger partial charge in [-0.2, -0.15) is 0 Å². The summed E-state index contributed by atoms with van der Waals surface area (Å²) in [6, 6.07) is 4.21. The van der Waals surface area contributed by atoms with Gasteiger partial charge in [0.15, 0.2) is 0 Å². The molecule has 2 amide bonds. The first kappa shape index (κ1) is 14.0. The van der Waals surface area contributed by atoms with Gasteiger partial charge in [-0.15, -0.1) is 0 Å². The third-order valence-corrected chi connectivity index (χ3v) is 4.00. The van der Waals surface area contributed by atoms with E-state index in [4.69, 9.17) is 0 Å². The summed E-state index contributed by atoms with van der Waals surface area (Å²) >= 11 is 0. The third kappa shape index (κ3) is 2.90. The van der Waals surface area contributed by atoms with Gasteiger partial charge in [0.2, 0.25) is 11.8 Å². The molecule has 0 radical (unpaired) electrons. The number of hydrogen-bond donors (Lipinski definition) is 2. The van der Waals surface area contributed by atoms with Gasteiger partial charge >= 0.3 is 0 Å². The molecule has 0 bridgehead atoms. The topological polar surface area (TPSA) is 61.4 Å². The van der Waals surface area contributed by atoms with Crippen LogP contribution in [0.5, 0.6) is 0 Å². The van der Waals surface area contributed by atoms with Gasteiger partial charge in [0.05, 0.1) is 5.92 Å². The second-order valence-corrected chi connectivity index (χ2v) is 5.47. The highest BCUT2D eigenvalue weighted by Gasteiger charge is 2.33. The van der Waals surface area contributed by atoms with E-state index < -0.39 is 11.7 Å². The van der Waals surface area contributed by atoms with Gasteiger partial charge in [0.25, 0.3) is 0 Å². The Morgan fingerprint density at radius 3 is 3.00 bits per heavy atom. The minimum Gasteiger partial charge on any atom is -0.341 e. The lowest BCUT2D eigenvalue weighted by Gasteiger charge is -2.30. The van der Waals surface area contributed by atoms with E-state index in [9.17, 15) is 14.0 Å². The van der Waals surface area contributed by atoms with Crippen LogP contribution in [0.4, 0.5) is 10.1 Å². The smallest absolute Gasteiger partial charge is 0.230 e. The maximum Gasteiger partial charge on any atom is 0.230 e. The Hall–Kier alpha value is -1.95. The lowest BCUT2D eigenvalue weighted by atomic mass is 9.89. The molecule has 1 unspecified atom stereocenters. The molecular weight excluding hydrogens is 273 g/mol. The average molecular weight is 291 g/mol. The van der Waals surface area contributed by atoms with E-state index in [1.165, 1.54) is 12.1 Å². The average Bonchev–Trinajstić information content (AvgIpc) is 2.74. The molecule has 2 aliphatic heterocycles. The molecule has 5 nitrogen and oxygen atoms in total. The van der Waals surface area contributed by atoms with E-state index in [-0.39, 0.29) is 18.2 Å². The van der Waals surface area contributed by atoms with Gasteiger partial charge in [-0.25, -0.2) is 4.39 Å². The Morgan fingerprint density at radius 1 is 1.29 bits per heavy atom. The summed E-state index contributed by atoms with van der Waals surface area (Å²) in [6.07, 6.45) is 1.03. The first-order valence-electron chi connectivity index (χ1n) is 7.24. The predicted molar refractivity (Wildman–Crippen MR) is 76.5 cm³/mol. The standard InChI is InChI=1S/C15H18FN3O2/c16-10-2-3-11-12(9-14(20)18-13(11)8-10)15(21)19-6-1-4-17-5-7-19/h2-3,8,12,17H,1,4-7,9H2,(H,18,20). The molecule has 0 aliphatic carbocycles. The number of nitrogens with zero attached hydrogens (tertiary/aromatic N) is 1. The summed E-state index contributed by atoms with van der Waals surface area (Å²) in [5, 5.41) is 5.89. The maximum absolute atomic E-state index is 13.3. The van der Waals surface area contributed by atoms with Gasteiger partial charge < -0.3 is 15.5 Å². The Morgan fingerprint density at radius 2 is 2.14 bits per heavy atom. The minimum atomic E-state index is -0.507. The largest absolute Gasteiger partial charge is 0.341 e. The Kier molecular flexibility index (Phi) is 3.88. The lowest BCUT2D eigenvalue weighted by molar-refractivity contribution is -0.134. The molecule has 0 spiro atoms. The van der Waals surface area contributed by atoms with E-state index in [2.05, 4.69) is 10.6 Å². The van der Waals surface area contributed by atoms with Crippen molar-refractivity contribution in [1.82, 2.24) is 10.2 Å². The van der Waals surface area contributed by atoms with E-state index in [0.717, 1.165) is 19.5 Å². The van der Waals surface area contributed by atoms with Gasteiger partial charge in [-0.3, -0.25) is 9.59 Å². The lowest BCUT2D eigenvalue weighted by Crippen LogP contribution is -2.40. The van der Waals surface area contributed by atoms with Crippen molar-refractivity contribution in [3.05, 3.63) is 29.6 Å². The van der Waals surface area contributed by atoms with Crippen LogP contribution in [0, 0.1) is 5.82 Å². The van der Waals surface area contributed by atoms with Crippen LogP contribution >= 0.6 is 0 Å². The number of rotatable bonds is 1. The SMILES string of the molecule is O=C1CC(C(=O)N2CCCNCC2)c2ccc(F)cc2N1. The zero-order valence-electron chi connectivity index (χ0n) is 11.7. The summed E-state index contributed by atoms with van der Waals surface area (Å²) in [6.45, 7) is 3.01. The molecule has 1 atom stereocenters. The van der Waals surface area contributed by atoms with Crippen molar-refractivity contribution < 1.29 is 14.0 Å². The van der Waals surface area contributed by atoms with Crippen molar-refractivity contribution in [3.63, 3.8) is 0 Å². The summed E-state index contributed by atoms with van der Waals surface area (Å²) in [7, 11) is 0. The van der Waals surface area contributed by atoms with Crippen molar-refractivity contribution in [2.75, 3.05) is 31.5 Å². The molecule has 1 fully saturated rings. The van der Waals surface area contributed by atoms with Crippen molar-refractivity contribution in [3.8, 4) is 0 Å². The summed E-state index contributed by atoms with van der Waals surface area (Å²) < 4.78 is 13.3. The number of hydrogen-bond acceptors (Lipinski definition) is 3. The molecule has 0 aromatic heterocycles. The molecule has 2 aliphatic rings. The van der Waals surface area contributed by atoms with Crippen LogP contribution < -0.4 is 10.6 Å². The maximum atomic E-state index is 13.3. The highest BCUT2D eigenvalue weighted by atomic mass is 19.1. The molecule has 1 saturated heterocycles. The molecule has 112 valence electrons. The number of fused-ring (bicyclic) bond motifs is 1. The Labute approximate surface area is 122 Å². The normalized spacial score (nSPS) is 22.2. The number of benzene rings is 1. The van der Waals surface area contributed by atoms with Crippen LogP contribution in [0.25, 0.3) is 0 Å². The highest BCUT2D eigenvalue weighted by molar-refractivity contribution is 6.01. The van der Waals surface area contributed by atoms with Crippen molar-refractivity contribution in [2.45, 2.75) is 18.8 Å². The van der Waals surface area contributed by atoms with Gasteiger partial charge in [-0.1, -0.05) is 6.07 Å². The number of amides is 2. The fraction of sp³-hybridized carbons (Fsp3) is 0.467. The first-order chi connectivity index (χ1) is 10.1. The summed E-state index contributed by atoms with van der Waals surface area (Å²) in [4.78, 5) is 26.3. The van der Waals surface area contributed by atoms with Crippen LogP contribution in [0.3, 0.4) is 0 Å². The number of anilines is 1. The molecule has 3 rings (SSSR count). The monoisotopic (exact) mass is 291 g/mol. The highest BCUT2D eigenvalue weighted by Crippen LogP contribution is 2.34. The molecule has 6 heteroatoms. The predicted octanol–water partition coefficient (Wildman–Crippen LogP) is 1.07. The zero-order chi connectivity index (χ0) is 14.8. The van der Waals surface area contributed by atoms with Crippen LogP contribution in [0.1, 0.15) is 24.3 Å². The number of halogens is 1. The Bertz CT molecular complexity index is 568. The third-order valence-electron chi connectivity index (χ3n) is 4.00. The molecule has 1 aromatic carbocycles. The molecule has 2 heterocycles. The van der Waals surface area contributed by atoms with E-state index in [1.807, 2.05) is 0 Å². The fourth-order valence-electron chi connectivity index (χ4n) is 2.94. The van der Waals surface area contributed by atoms with Crippen molar-refractivity contribution in [1.29, 1.82) is 0 Å². The second kappa shape index (κ2) is 5.81. The number of carbonyl (C=O) groups excluding carboxylic acids is 2. The van der Waals surface area contributed by atoms with Crippen LogP contribution in [-0.2, 0) is 9.59 Å². The van der Waals surface area contributed by atoms with Gasteiger partial charge in [-0.05, 0) is 30.7 Å². The van der Waals surface area contributed by atoms with E-state index in [0.29, 0.717) is 24.3 Å². The van der Waals surface area contributed by atoms with Crippen LogP contribution in [0.2, 0.25) is 0 Å². The van der Waals surface area contributed by atoms with E-state index >= 15 is 0 Å². The quantitative estimate of drug-likeness (QED) is 0.814. The number of carbonyl (C=O) groups is 2. The van der Waals surface area contributed by atoms with Crippen LogP contribution in [0.15, 0.2) is 18.2 Å². The van der Waals surface area contributed by atoms with Crippen molar-refractivity contribution in [2.24, 2.45) is 0 Å². The Balaban J connectivity index is 1.87. The molecule has 21 heavy (non-hydrogen) atoms. The number of nitrogens with one attached hydrogen (secondary N) is 2. The molecule has 0 saturated carbocycles. The summed E-state index contributed by atoms with van der Waals surface area (Å²) in [5.41, 5.74) is 1.12. The van der Waals surface area contributed by atoms with Crippen LogP contribution in [-0.4, -0.2) is 42.9 Å². The molecule has 1 aromatic rings. The first-order valence-corrected chi connectivity index (χ1v) is 7.24. The fourth-order valence-corrected chi connectivity index (χ4v) is 2.94. The van der Waals surface area contributed by atoms with Gasteiger partial charge in [0, 0.05) is 31.7 Å². The second-order valence-electron chi connectivity index (χ2n) is 5.47. The zero-order valence-corrected chi connectivity index (χ0v) is 11.7. The molecule has 2 N–H and O–H groups in total. The van der Waals surface area contributed by atoms with E-state index in [1.54, 1.807) is 11.0 Å². The molecular formula is C15H18FN3O2.